The summed E-state index contributed by atoms with van der Waals surface area (Å²) >= 11 is 7.34. The minimum atomic E-state index is -0.182. The van der Waals surface area contributed by atoms with Gasteiger partial charge in [0, 0.05) is 0 Å². The lowest BCUT2D eigenvalue weighted by Gasteiger charge is -1.97. The molecule has 1 heterocycles. The molecule has 0 amide bonds. The van der Waals surface area contributed by atoms with Crippen LogP contribution >= 0.6 is 34.2 Å². The van der Waals surface area contributed by atoms with Gasteiger partial charge in [0.2, 0.25) is 11.8 Å². The van der Waals surface area contributed by atoms with Crippen molar-refractivity contribution in [3.05, 3.63) is 8.72 Å². The van der Waals surface area contributed by atoms with Gasteiger partial charge in [0.1, 0.15) is 3.57 Å². The van der Waals surface area contributed by atoms with E-state index in [1.54, 1.807) is 0 Å². The average molecular weight is 271 g/mol. The molecule has 0 spiro atoms. The molecule has 0 saturated carbocycles. The minimum absolute atomic E-state index is 0.0251. The van der Waals surface area contributed by atoms with Crippen LogP contribution in [0, 0.1) is 3.57 Å². The van der Waals surface area contributed by atoms with Crippen LogP contribution in [-0.2, 0) is 0 Å². The molecule has 0 aliphatic heterocycles. The van der Waals surface area contributed by atoms with Crippen molar-refractivity contribution in [2.75, 3.05) is 5.73 Å². The van der Waals surface area contributed by atoms with Crippen LogP contribution in [0.1, 0.15) is 0 Å². The molecule has 1 aromatic heterocycles. The molecule has 0 aromatic carbocycles. The molecule has 3 N–H and O–H groups in total. The monoisotopic (exact) mass is 271 g/mol. The molecule has 1 aromatic rings. The first-order valence-corrected chi connectivity index (χ1v) is 3.74. The van der Waals surface area contributed by atoms with E-state index in [0.717, 1.165) is 0 Å². The number of nitrogen functional groups attached to an aromatic ring is 1. The highest BCUT2D eigenvalue weighted by Crippen LogP contribution is 2.23. The van der Waals surface area contributed by atoms with Crippen molar-refractivity contribution in [3.63, 3.8) is 0 Å². The van der Waals surface area contributed by atoms with Crippen LogP contribution < -0.4 is 5.73 Å². The summed E-state index contributed by atoms with van der Waals surface area (Å²) in [6.45, 7) is 0. The predicted octanol–water partition coefficient (Wildman–Crippen LogP) is 1.02. The number of anilines is 1. The standard InChI is InChI=1S/C4H3ClIN3O/c5-2-1(6)3(10)9-4(7)8-2/h(H3,7,8,9,10). The lowest BCUT2D eigenvalue weighted by molar-refractivity contribution is 0.449. The molecular weight excluding hydrogens is 268 g/mol. The Morgan fingerprint density at radius 2 is 2.10 bits per heavy atom. The lowest BCUT2D eigenvalue weighted by Crippen LogP contribution is -1.96. The average Bonchev–Trinajstić information content (AvgIpc) is 1.82. The maximum Gasteiger partial charge on any atom is 0.231 e. The summed E-state index contributed by atoms with van der Waals surface area (Å²) in [5.41, 5.74) is 5.16. The second kappa shape index (κ2) is 2.75. The third kappa shape index (κ3) is 1.40. The van der Waals surface area contributed by atoms with Gasteiger partial charge < -0.3 is 10.8 Å². The van der Waals surface area contributed by atoms with E-state index in [-0.39, 0.29) is 17.0 Å². The summed E-state index contributed by atoms with van der Waals surface area (Å²) < 4.78 is 0.411. The summed E-state index contributed by atoms with van der Waals surface area (Å²) in [7, 11) is 0. The Kier molecular flexibility index (Phi) is 2.14. The largest absolute Gasteiger partial charge is 0.492 e. The fourth-order valence-corrected chi connectivity index (χ4v) is 0.837. The fourth-order valence-electron chi connectivity index (χ4n) is 0.424. The third-order valence-electron chi connectivity index (χ3n) is 0.811. The highest BCUT2D eigenvalue weighted by molar-refractivity contribution is 14.1. The van der Waals surface area contributed by atoms with Gasteiger partial charge in [-0.05, 0) is 22.6 Å². The van der Waals surface area contributed by atoms with Crippen molar-refractivity contribution in [1.82, 2.24) is 9.97 Å². The van der Waals surface area contributed by atoms with Gasteiger partial charge in [0.15, 0.2) is 5.15 Å². The van der Waals surface area contributed by atoms with Crippen molar-refractivity contribution in [1.29, 1.82) is 0 Å². The number of nitrogens with two attached hydrogens (primary N) is 1. The van der Waals surface area contributed by atoms with E-state index >= 15 is 0 Å². The number of rotatable bonds is 0. The fraction of sp³-hybridized carbons (Fsp3) is 0. The molecule has 4 nitrogen and oxygen atoms in total. The normalized spacial score (nSPS) is 9.80. The summed E-state index contributed by atoms with van der Waals surface area (Å²) in [5, 5.41) is 9.13. The number of halogens is 2. The third-order valence-corrected chi connectivity index (χ3v) is 2.40. The molecule has 0 fully saturated rings. The van der Waals surface area contributed by atoms with Crippen molar-refractivity contribution in [2.45, 2.75) is 0 Å². The molecule has 10 heavy (non-hydrogen) atoms. The van der Waals surface area contributed by atoms with Crippen LogP contribution in [0.25, 0.3) is 0 Å². The topological polar surface area (TPSA) is 72.0 Å². The summed E-state index contributed by atoms with van der Waals surface area (Å²) in [4.78, 5) is 7.06. The second-order valence-corrected chi connectivity index (χ2v) is 2.95. The number of aromatic hydroxyl groups is 1. The number of aromatic nitrogens is 2. The Morgan fingerprint density at radius 1 is 1.50 bits per heavy atom. The Bertz CT molecular complexity index is 244. The lowest BCUT2D eigenvalue weighted by atomic mass is 10.6. The first-order valence-electron chi connectivity index (χ1n) is 2.28. The van der Waals surface area contributed by atoms with Gasteiger partial charge in [-0.2, -0.15) is 9.97 Å². The molecule has 1 rings (SSSR count). The molecule has 0 atom stereocenters. The summed E-state index contributed by atoms with van der Waals surface area (Å²) in [6, 6.07) is 0. The zero-order valence-corrected chi connectivity index (χ0v) is 7.59. The van der Waals surface area contributed by atoms with Crippen LogP contribution in [0.3, 0.4) is 0 Å². The van der Waals surface area contributed by atoms with Gasteiger partial charge in [0.25, 0.3) is 0 Å². The molecule has 6 heteroatoms. The van der Waals surface area contributed by atoms with E-state index in [2.05, 4.69) is 9.97 Å². The summed E-state index contributed by atoms with van der Waals surface area (Å²) in [6.07, 6.45) is 0. The Hall–Kier alpha value is -0.300. The zero-order valence-electron chi connectivity index (χ0n) is 4.67. The van der Waals surface area contributed by atoms with Crippen LogP contribution in [0.2, 0.25) is 5.15 Å². The molecule has 0 aliphatic rings. The molecule has 0 aliphatic carbocycles. The molecular formula is C4H3ClIN3O. The SMILES string of the molecule is Nc1nc(O)c(I)c(Cl)n1. The van der Waals surface area contributed by atoms with Crippen molar-refractivity contribution in [2.24, 2.45) is 0 Å². The maximum atomic E-state index is 8.96. The van der Waals surface area contributed by atoms with E-state index in [1.165, 1.54) is 0 Å². The van der Waals surface area contributed by atoms with Gasteiger partial charge >= 0.3 is 0 Å². The van der Waals surface area contributed by atoms with Crippen molar-refractivity contribution >= 4 is 40.1 Å². The Morgan fingerprint density at radius 3 is 2.60 bits per heavy atom. The minimum Gasteiger partial charge on any atom is -0.492 e. The number of hydrogen-bond acceptors (Lipinski definition) is 4. The predicted molar refractivity (Wildman–Crippen MR) is 45.8 cm³/mol. The van der Waals surface area contributed by atoms with E-state index < -0.39 is 0 Å². The van der Waals surface area contributed by atoms with Crippen molar-refractivity contribution in [3.8, 4) is 5.88 Å². The Labute approximate surface area is 75.6 Å². The molecule has 0 unspecified atom stereocenters. The van der Waals surface area contributed by atoms with Crippen LogP contribution in [0.15, 0.2) is 0 Å². The van der Waals surface area contributed by atoms with E-state index in [9.17, 15) is 0 Å². The maximum absolute atomic E-state index is 8.96. The summed E-state index contributed by atoms with van der Waals surface area (Å²) in [5.74, 6) is -0.207. The van der Waals surface area contributed by atoms with Crippen LogP contribution in [-0.4, -0.2) is 15.1 Å². The highest BCUT2D eigenvalue weighted by atomic mass is 127. The van der Waals surface area contributed by atoms with Gasteiger partial charge in [-0.15, -0.1) is 0 Å². The first-order chi connectivity index (χ1) is 4.61. The Balaban J connectivity index is 3.31. The van der Waals surface area contributed by atoms with Crippen LogP contribution in [0.4, 0.5) is 5.95 Å². The van der Waals surface area contributed by atoms with Gasteiger partial charge in [-0.1, -0.05) is 11.6 Å². The quantitative estimate of drug-likeness (QED) is 0.546. The first kappa shape index (κ1) is 7.80. The molecule has 54 valence electrons. The van der Waals surface area contributed by atoms with E-state index in [1.807, 2.05) is 22.6 Å². The van der Waals surface area contributed by atoms with Crippen LogP contribution in [0.5, 0.6) is 5.88 Å². The van der Waals surface area contributed by atoms with E-state index in [4.69, 9.17) is 22.4 Å². The van der Waals surface area contributed by atoms with Gasteiger partial charge in [-0.3, -0.25) is 0 Å². The molecule has 0 radical (unpaired) electrons. The molecule has 0 bridgehead atoms. The number of hydrogen-bond donors (Lipinski definition) is 2. The molecule has 0 saturated heterocycles. The van der Waals surface area contributed by atoms with Gasteiger partial charge in [0.05, 0.1) is 0 Å². The second-order valence-electron chi connectivity index (χ2n) is 1.51. The number of nitrogens with zero attached hydrogens (tertiary/aromatic N) is 2. The highest BCUT2D eigenvalue weighted by Gasteiger charge is 2.06. The smallest absolute Gasteiger partial charge is 0.231 e. The van der Waals surface area contributed by atoms with E-state index in [0.29, 0.717) is 3.57 Å². The van der Waals surface area contributed by atoms with Gasteiger partial charge in [-0.25, -0.2) is 0 Å². The van der Waals surface area contributed by atoms with Crippen molar-refractivity contribution < 1.29 is 5.11 Å². The zero-order chi connectivity index (χ0) is 7.72.